The maximum Gasteiger partial charge on any atom is 0.246 e. The number of fused-ring (bicyclic) bond motifs is 5. The largest absolute Gasteiger partial charge is 0.391 e. The van der Waals surface area contributed by atoms with Crippen molar-refractivity contribution in [2.75, 3.05) is 25.4 Å². The van der Waals surface area contributed by atoms with Crippen LogP contribution in [0.15, 0.2) is 29.3 Å². The average Bonchev–Trinajstić information content (AvgIpc) is 3.78. The van der Waals surface area contributed by atoms with E-state index >= 15 is 0 Å². The van der Waals surface area contributed by atoms with Gasteiger partial charge in [-0.1, -0.05) is 58.7 Å². The normalized spacial score (nSPS) is 27.8. The summed E-state index contributed by atoms with van der Waals surface area (Å²) in [4.78, 5) is 128. The van der Waals surface area contributed by atoms with Gasteiger partial charge in [-0.3, -0.25) is 43.2 Å². The number of nitrogens with zero attached hydrogens (tertiary/aromatic N) is 1. The first-order chi connectivity index (χ1) is 28.5. The zero-order valence-electron chi connectivity index (χ0n) is 33.9. The molecule has 1 saturated heterocycles. The molecule has 326 valence electrons. The van der Waals surface area contributed by atoms with Gasteiger partial charge in [-0.15, -0.1) is 11.8 Å². The van der Waals surface area contributed by atoms with E-state index in [9.17, 15) is 48.3 Å². The number of carbonyl (C=O) groups is 9. The van der Waals surface area contributed by atoms with Crippen LogP contribution in [0.5, 0.6) is 0 Å². The van der Waals surface area contributed by atoms with Gasteiger partial charge in [-0.2, -0.15) is 0 Å². The van der Waals surface area contributed by atoms with Gasteiger partial charge < -0.3 is 57.9 Å². The van der Waals surface area contributed by atoms with Crippen molar-refractivity contribution in [2.45, 2.75) is 107 Å². The Labute approximate surface area is 350 Å². The van der Waals surface area contributed by atoms with Crippen molar-refractivity contribution < 1.29 is 48.3 Å². The zero-order chi connectivity index (χ0) is 43.8. The standard InChI is InChI=1S/C39H54N10O10S/c1-5-18(3)31-36(57)42-14-29(52)43-26-17-60-38-22(21-9-7-8-10-23(21)46-38)12-24(33(54)41-15-30(53)47-31)44-37(58)32(19(4)6-2)48-35(56)27-11-20(50)16-49(27)39(59)25(13-28(40)51)45-34(26)55/h7-10,18-20,24-27,31-32,46,50H,5-6,11-17H2,1-4H3,(H2,40,51)(H,41,54)(H,42,57)(H,43,52)(H,44,58)(H,45,55)(H,47,53)(H,48,56)/t18-,19-,20?,24-,25-,26-,27-,31-,32?/m0/s1. The lowest BCUT2D eigenvalue weighted by Gasteiger charge is -2.32. The lowest BCUT2D eigenvalue weighted by Crippen LogP contribution is -2.61. The van der Waals surface area contributed by atoms with Gasteiger partial charge in [-0.25, -0.2) is 0 Å². The van der Waals surface area contributed by atoms with Gasteiger partial charge >= 0.3 is 0 Å². The van der Waals surface area contributed by atoms with E-state index < -0.39 is 127 Å². The number of nitrogens with two attached hydrogens (primary N) is 1. The van der Waals surface area contributed by atoms with E-state index in [-0.39, 0.29) is 25.1 Å². The number of H-pyrrole nitrogens is 1. The predicted molar refractivity (Wildman–Crippen MR) is 217 cm³/mol. The van der Waals surface area contributed by atoms with Crippen LogP contribution in [0.25, 0.3) is 10.9 Å². The Morgan fingerprint density at radius 2 is 1.43 bits per heavy atom. The topological polar surface area (TPSA) is 303 Å². The van der Waals surface area contributed by atoms with E-state index in [0.717, 1.165) is 16.7 Å². The molecule has 1 fully saturated rings. The molecule has 2 bridgehead atoms. The lowest BCUT2D eigenvalue weighted by atomic mass is 9.96. The summed E-state index contributed by atoms with van der Waals surface area (Å²) in [5, 5.41) is 30.1. The summed E-state index contributed by atoms with van der Waals surface area (Å²) in [7, 11) is 0. The van der Waals surface area contributed by atoms with Crippen LogP contribution < -0.4 is 43.0 Å². The molecule has 9 amide bonds. The molecule has 3 aliphatic rings. The van der Waals surface area contributed by atoms with E-state index in [1.165, 1.54) is 0 Å². The first-order valence-corrected chi connectivity index (χ1v) is 21.0. The van der Waals surface area contributed by atoms with Crippen molar-refractivity contribution in [3.63, 3.8) is 0 Å². The maximum absolute atomic E-state index is 14.3. The van der Waals surface area contributed by atoms with Gasteiger partial charge in [0.1, 0.15) is 36.3 Å². The molecule has 21 heteroatoms. The summed E-state index contributed by atoms with van der Waals surface area (Å²) in [6, 6.07) is -1.00. The molecule has 4 heterocycles. The van der Waals surface area contributed by atoms with Crippen LogP contribution in [-0.2, 0) is 49.6 Å². The number of aromatic amines is 1. The SMILES string of the molecule is CC[C@H](C)C1NC(=O)[C@@H]2CC(O)CN2C(=O)[C@H](CC(N)=O)NC(=O)[C@@H]2CSc3[nH]c4ccccc4c3C[C@H](NC1=O)C(=O)NCC(=O)N[C@@H]([C@@H](C)CC)C(=O)NCC(=O)N2. The van der Waals surface area contributed by atoms with Crippen LogP contribution in [-0.4, -0.2) is 136 Å². The van der Waals surface area contributed by atoms with E-state index in [4.69, 9.17) is 5.73 Å². The Bertz CT molecular complexity index is 2010. The van der Waals surface area contributed by atoms with Crippen molar-refractivity contribution in [1.82, 2.24) is 47.1 Å². The van der Waals surface area contributed by atoms with Gasteiger partial charge in [0.15, 0.2) is 0 Å². The van der Waals surface area contributed by atoms with Gasteiger partial charge in [0.2, 0.25) is 53.2 Å². The molecule has 3 aliphatic heterocycles. The number of para-hydroxylation sites is 1. The number of thioether (sulfide) groups is 1. The Balaban J connectivity index is 1.67. The monoisotopic (exact) mass is 854 g/mol. The summed E-state index contributed by atoms with van der Waals surface area (Å²) < 4.78 is 0. The number of aliphatic hydroxyl groups is 1. The highest BCUT2D eigenvalue weighted by Crippen LogP contribution is 2.32. The summed E-state index contributed by atoms with van der Waals surface area (Å²) >= 11 is 1.08. The molecule has 5 rings (SSSR count). The average molecular weight is 855 g/mol. The lowest BCUT2D eigenvalue weighted by molar-refractivity contribution is -0.143. The van der Waals surface area contributed by atoms with Crippen LogP contribution in [0.3, 0.4) is 0 Å². The Morgan fingerprint density at radius 3 is 2.10 bits per heavy atom. The summed E-state index contributed by atoms with van der Waals surface area (Å²) in [5.41, 5.74) is 6.70. The van der Waals surface area contributed by atoms with E-state index in [2.05, 4.69) is 42.2 Å². The Kier molecular flexibility index (Phi) is 15.2. The van der Waals surface area contributed by atoms with E-state index in [1.807, 2.05) is 0 Å². The van der Waals surface area contributed by atoms with Crippen LogP contribution >= 0.6 is 11.8 Å². The van der Waals surface area contributed by atoms with Crippen LogP contribution in [0, 0.1) is 11.8 Å². The molecule has 0 spiro atoms. The quantitative estimate of drug-likeness (QED) is 0.144. The fraction of sp³-hybridized carbons (Fsp3) is 0.564. The number of hydrogen-bond acceptors (Lipinski definition) is 11. The fourth-order valence-corrected chi connectivity index (χ4v) is 8.51. The van der Waals surface area contributed by atoms with Gasteiger partial charge in [0.05, 0.1) is 30.6 Å². The van der Waals surface area contributed by atoms with Crippen LogP contribution in [0.2, 0.25) is 0 Å². The Hall–Kier alpha value is -5.70. The molecule has 1 aromatic carbocycles. The number of aromatic nitrogens is 1. The van der Waals surface area contributed by atoms with Gasteiger partial charge in [-0.05, 0) is 23.5 Å². The first kappa shape index (κ1) is 45.4. The first-order valence-electron chi connectivity index (χ1n) is 20.1. The highest BCUT2D eigenvalue weighted by Gasteiger charge is 2.44. The molecule has 9 atom stereocenters. The van der Waals surface area contributed by atoms with E-state index in [1.54, 1.807) is 52.0 Å². The summed E-state index contributed by atoms with van der Waals surface area (Å²) in [6.07, 6.45) is -1.43. The smallest absolute Gasteiger partial charge is 0.246 e. The zero-order valence-corrected chi connectivity index (χ0v) is 34.7. The van der Waals surface area contributed by atoms with Crippen molar-refractivity contribution in [3.05, 3.63) is 29.8 Å². The van der Waals surface area contributed by atoms with Crippen LogP contribution in [0.1, 0.15) is 58.9 Å². The minimum atomic E-state index is -1.64. The molecule has 2 aromatic rings. The van der Waals surface area contributed by atoms with Crippen LogP contribution in [0.4, 0.5) is 0 Å². The fourth-order valence-electron chi connectivity index (χ4n) is 7.40. The van der Waals surface area contributed by atoms with Crippen molar-refractivity contribution in [2.24, 2.45) is 17.6 Å². The molecule has 0 radical (unpaired) electrons. The second-order valence-electron chi connectivity index (χ2n) is 15.5. The third kappa shape index (κ3) is 10.9. The second kappa shape index (κ2) is 20.0. The number of benzene rings is 1. The number of carbonyl (C=O) groups excluding carboxylic acids is 9. The molecule has 0 aliphatic carbocycles. The molecule has 0 saturated carbocycles. The third-order valence-electron chi connectivity index (χ3n) is 11.2. The summed E-state index contributed by atoms with van der Waals surface area (Å²) in [5.74, 6) is -8.46. The second-order valence-corrected chi connectivity index (χ2v) is 16.6. The highest BCUT2D eigenvalue weighted by molar-refractivity contribution is 7.99. The minimum Gasteiger partial charge on any atom is -0.391 e. The molecular weight excluding hydrogens is 801 g/mol. The Morgan fingerprint density at radius 1 is 0.800 bits per heavy atom. The number of rotatable bonds is 6. The number of amides is 9. The third-order valence-corrected chi connectivity index (χ3v) is 12.3. The maximum atomic E-state index is 14.3. The minimum absolute atomic E-state index is 0.147. The molecule has 11 N–H and O–H groups in total. The summed E-state index contributed by atoms with van der Waals surface area (Å²) in [6.45, 7) is 5.48. The van der Waals surface area contributed by atoms with Gasteiger partial charge in [0.25, 0.3) is 0 Å². The molecule has 20 nitrogen and oxygen atoms in total. The number of aliphatic hydroxyl groups excluding tert-OH is 1. The number of nitrogens with one attached hydrogen (secondary N) is 8. The number of primary amides is 1. The van der Waals surface area contributed by atoms with E-state index in [0.29, 0.717) is 34.3 Å². The van der Waals surface area contributed by atoms with Crippen molar-refractivity contribution in [1.29, 1.82) is 0 Å². The molecular formula is C39H54N10O10S. The predicted octanol–water partition coefficient (Wildman–Crippen LogP) is -2.58. The van der Waals surface area contributed by atoms with Crippen molar-refractivity contribution >= 4 is 75.8 Å². The number of hydrogen-bond donors (Lipinski definition) is 10. The van der Waals surface area contributed by atoms with Crippen molar-refractivity contribution in [3.8, 4) is 0 Å². The highest BCUT2D eigenvalue weighted by atomic mass is 32.2. The molecule has 1 aromatic heterocycles. The van der Waals surface area contributed by atoms with Gasteiger partial charge in [0, 0.05) is 36.0 Å². The molecule has 2 unspecified atom stereocenters. The molecule has 60 heavy (non-hydrogen) atoms.